The van der Waals surface area contributed by atoms with Crippen molar-refractivity contribution in [2.75, 3.05) is 52.9 Å². The molecule has 0 aliphatic carbocycles. The van der Waals surface area contributed by atoms with Crippen LogP contribution in [0.15, 0.2) is 29.2 Å². The number of carbonyl (C=O) groups excluding carboxylic acids is 2. The van der Waals surface area contributed by atoms with Gasteiger partial charge in [0.1, 0.15) is 6.54 Å². The summed E-state index contributed by atoms with van der Waals surface area (Å²) in [5.74, 6) is -0.317. The van der Waals surface area contributed by atoms with Gasteiger partial charge in [-0.25, -0.2) is 17.5 Å². The molecule has 160 valence electrons. The van der Waals surface area contributed by atoms with Gasteiger partial charge < -0.3 is 14.7 Å². The first kappa shape index (κ1) is 21.6. The molecule has 0 saturated carbocycles. The molecule has 9 heteroatoms. The van der Waals surface area contributed by atoms with Gasteiger partial charge in [0.05, 0.1) is 4.90 Å². The summed E-state index contributed by atoms with van der Waals surface area (Å²) in [5, 5.41) is 0. The quantitative estimate of drug-likeness (QED) is 0.732. The highest BCUT2D eigenvalue weighted by molar-refractivity contribution is 7.89. The number of hydrogen-bond donors (Lipinski definition) is 0. The second-order valence-electron chi connectivity index (χ2n) is 7.84. The summed E-state index contributed by atoms with van der Waals surface area (Å²) in [5.41, 5.74) is 0.922. The van der Waals surface area contributed by atoms with E-state index in [-0.39, 0.29) is 10.8 Å². The van der Waals surface area contributed by atoms with Crippen LogP contribution in [0.5, 0.6) is 0 Å². The number of urea groups is 1. The van der Waals surface area contributed by atoms with Gasteiger partial charge in [-0.2, -0.15) is 0 Å². The Morgan fingerprint density at radius 1 is 0.897 bits per heavy atom. The Morgan fingerprint density at radius 3 is 2.07 bits per heavy atom. The molecule has 3 rings (SSSR count). The first-order chi connectivity index (χ1) is 13.8. The summed E-state index contributed by atoms with van der Waals surface area (Å²) in [6.45, 7) is 4.85. The van der Waals surface area contributed by atoms with E-state index in [4.69, 9.17) is 0 Å². The van der Waals surface area contributed by atoms with Crippen molar-refractivity contribution in [1.82, 2.24) is 19.0 Å². The first-order valence-electron chi connectivity index (χ1n) is 10.1. The number of likely N-dealkylation sites (N-methyl/N-ethyl adjacent to an activating group) is 1. The van der Waals surface area contributed by atoms with Crippen molar-refractivity contribution in [2.45, 2.75) is 31.1 Å². The Balaban J connectivity index is 1.86. The third-order valence-corrected chi connectivity index (χ3v) is 7.32. The number of piperidine rings is 1. The smallest absolute Gasteiger partial charge is 0.334 e. The first-order valence-corrected chi connectivity index (χ1v) is 11.6. The average Bonchev–Trinajstić information content (AvgIpc) is 2.72. The summed E-state index contributed by atoms with van der Waals surface area (Å²) in [7, 11) is -2.17. The number of sulfonamides is 1. The Bertz CT molecular complexity index is 827. The maximum atomic E-state index is 13.3. The van der Waals surface area contributed by atoms with E-state index >= 15 is 0 Å². The lowest BCUT2D eigenvalue weighted by Crippen LogP contribution is -2.55. The van der Waals surface area contributed by atoms with Crippen molar-refractivity contribution in [3.05, 3.63) is 29.8 Å². The van der Waals surface area contributed by atoms with Crippen molar-refractivity contribution < 1.29 is 18.0 Å². The van der Waals surface area contributed by atoms with Crippen LogP contribution in [0.25, 0.3) is 0 Å². The molecule has 0 unspecified atom stereocenters. The van der Waals surface area contributed by atoms with Crippen LogP contribution in [0.2, 0.25) is 0 Å². The largest absolute Gasteiger partial charge is 0.341 e. The van der Waals surface area contributed by atoms with Gasteiger partial charge in [0.2, 0.25) is 5.91 Å². The van der Waals surface area contributed by atoms with Crippen LogP contribution in [0.4, 0.5) is 4.79 Å². The van der Waals surface area contributed by atoms with Gasteiger partial charge >= 0.3 is 6.03 Å². The molecule has 2 aliphatic heterocycles. The molecule has 0 bridgehead atoms. The summed E-state index contributed by atoms with van der Waals surface area (Å²) in [4.78, 5) is 31.3. The number of amides is 3. The van der Waals surface area contributed by atoms with E-state index in [0.717, 1.165) is 29.1 Å². The Labute approximate surface area is 173 Å². The predicted molar refractivity (Wildman–Crippen MR) is 110 cm³/mol. The lowest BCUT2D eigenvalue weighted by atomic mass is 10.1. The zero-order chi connectivity index (χ0) is 21.0. The van der Waals surface area contributed by atoms with E-state index in [1.54, 1.807) is 17.0 Å². The molecule has 29 heavy (non-hydrogen) atoms. The van der Waals surface area contributed by atoms with Crippen molar-refractivity contribution >= 4 is 22.0 Å². The number of benzene rings is 1. The van der Waals surface area contributed by atoms with Gasteiger partial charge in [-0.05, 0) is 45.4 Å². The lowest BCUT2D eigenvalue weighted by molar-refractivity contribution is -0.132. The minimum Gasteiger partial charge on any atom is -0.341 e. The van der Waals surface area contributed by atoms with E-state index in [2.05, 4.69) is 4.90 Å². The topological polar surface area (TPSA) is 81.2 Å². The highest BCUT2D eigenvalue weighted by atomic mass is 32.2. The molecule has 0 N–H and O–H groups in total. The van der Waals surface area contributed by atoms with E-state index in [9.17, 15) is 18.0 Å². The van der Waals surface area contributed by atoms with Crippen LogP contribution in [-0.4, -0.2) is 92.2 Å². The molecular weight excluding hydrogens is 392 g/mol. The zero-order valence-corrected chi connectivity index (χ0v) is 18.0. The Kier molecular flexibility index (Phi) is 6.79. The van der Waals surface area contributed by atoms with Crippen molar-refractivity contribution in [2.24, 2.45) is 0 Å². The number of hydrogen-bond acceptors (Lipinski definition) is 5. The number of carbonyl (C=O) groups is 2. The van der Waals surface area contributed by atoms with E-state index in [0.29, 0.717) is 39.3 Å². The van der Waals surface area contributed by atoms with E-state index < -0.39 is 22.6 Å². The molecule has 0 spiro atoms. The molecule has 1 aromatic rings. The fourth-order valence-corrected chi connectivity index (χ4v) is 4.95. The lowest BCUT2D eigenvalue weighted by Gasteiger charge is -2.36. The van der Waals surface area contributed by atoms with Crippen molar-refractivity contribution in [1.29, 1.82) is 0 Å². The molecule has 0 atom stereocenters. The summed E-state index contributed by atoms with van der Waals surface area (Å²) in [6.07, 6.45) is 2.88. The van der Waals surface area contributed by atoms with Crippen molar-refractivity contribution in [3.8, 4) is 0 Å². The second kappa shape index (κ2) is 9.13. The SMILES string of the molecule is Cc1ccc(S(=O)(=O)N(CC(=O)N2CCCCC2)C(=O)N2CCN(C)CC2)cc1. The molecule has 8 nitrogen and oxygen atoms in total. The van der Waals surface area contributed by atoms with Gasteiger partial charge in [-0.1, -0.05) is 17.7 Å². The number of likely N-dealkylation sites (tertiary alicyclic amines) is 1. The molecule has 2 fully saturated rings. The Morgan fingerprint density at radius 2 is 1.48 bits per heavy atom. The minimum atomic E-state index is -4.13. The number of piperazine rings is 1. The van der Waals surface area contributed by atoms with Gasteiger partial charge in [0.25, 0.3) is 10.0 Å². The molecule has 1 aromatic carbocycles. The molecule has 2 heterocycles. The normalized spacial score (nSPS) is 18.6. The van der Waals surface area contributed by atoms with Crippen LogP contribution in [0.3, 0.4) is 0 Å². The zero-order valence-electron chi connectivity index (χ0n) is 17.2. The highest BCUT2D eigenvalue weighted by Crippen LogP contribution is 2.20. The van der Waals surface area contributed by atoms with Gasteiger partial charge in [0, 0.05) is 39.3 Å². The van der Waals surface area contributed by atoms with Gasteiger partial charge in [0.15, 0.2) is 0 Å². The molecule has 0 radical (unpaired) electrons. The molecule has 0 aromatic heterocycles. The van der Waals surface area contributed by atoms with Crippen LogP contribution in [-0.2, 0) is 14.8 Å². The minimum absolute atomic E-state index is 0.0250. The molecule has 3 amide bonds. The van der Waals surface area contributed by atoms with E-state index in [1.165, 1.54) is 17.0 Å². The van der Waals surface area contributed by atoms with Crippen LogP contribution in [0.1, 0.15) is 24.8 Å². The number of rotatable bonds is 4. The third-order valence-electron chi connectivity index (χ3n) is 5.58. The number of nitrogens with zero attached hydrogens (tertiary/aromatic N) is 4. The number of aryl methyl sites for hydroxylation is 1. The summed E-state index contributed by atoms with van der Waals surface area (Å²) < 4.78 is 27.4. The molecule has 2 saturated heterocycles. The fraction of sp³-hybridized carbons (Fsp3) is 0.600. The average molecular weight is 423 g/mol. The maximum absolute atomic E-state index is 13.3. The van der Waals surface area contributed by atoms with Crippen molar-refractivity contribution in [3.63, 3.8) is 0 Å². The van der Waals surface area contributed by atoms with Crippen LogP contribution < -0.4 is 0 Å². The summed E-state index contributed by atoms with van der Waals surface area (Å²) >= 11 is 0. The van der Waals surface area contributed by atoms with Crippen LogP contribution in [0, 0.1) is 6.92 Å². The van der Waals surface area contributed by atoms with E-state index in [1.807, 2.05) is 14.0 Å². The standard InChI is InChI=1S/C20H30N4O4S/c1-17-6-8-18(9-7-17)29(27,28)24(16-19(25)22-10-4-3-5-11-22)20(26)23-14-12-21(2)13-15-23/h6-9H,3-5,10-16H2,1-2H3. The van der Waals surface area contributed by atoms with Gasteiger partial charge in [-0.3, -0.25) is 4.79 Å². The highest BCUT2D eigenvalue weighted by Gasteiger charge is 2.36. The third kappa shape index (κ3) is 5.08. The predicted octanol–water partition coefficient (Wildman–Crippen LogP) is 1.37. The molecule has 2 aliphatic rings. The maximum Gasteiger partial charge on any atom is 0.334 e. The fourth-order valence-electron chi connectivity index (χ4n) is 3.61. The second-order valence-corrected chi connectivity index (χ2v) is 9.70. The Hall–Kier alpha value is -2.13. The monoisotopic (exact) mass is 422 g/mol. The molecular formula is C20H30N4O4S. The van der Waals surface area contributed by atoms with Gasteiger partial charge in [-0.15, -0.1) is 0 Å². The van der Waals surface area contributed by atoms with Crippen LogP contribution >= 0.6 is 0 Å². The summed E-state index contributed by atoms with van der Waals surface area (Å²) in [6, 6.07) is 5.74.